The number of hydrogen-bond acceptors (Lipinski definition) is 2. The summed E-state index contributed by atoms with van der Waals surface area (Å²) < 4.78 is 0. The molecular weight excluding hydrogens is 640 g/mol. The second-order valence-electron chi connectivity index (χ2n) is 12.5. The SMILES string of the molecule is Clc1ccc2c(c1)C1(c3ccccc3-c3c(-c4ccccc4)sc(-c4ccccc4)c31)c1c(-c3ccccc3)sc(-c3ccccc3)c1-2. The summed E-state index contributed by atoms with van der Waals surface area (Å²) in [6.45, 7) is 0. The van der Waals surface area contributed by atoms with E-state index < -0.39 is 5.41 Å². The Morgan fingerprint density at radius 2 is 0.771 bits per heavy atom. The van der Waals surface area contributed by atoms with Gasteiger partial charge in [-0.15, -0.1) is 22.7 Å². The van der Waals surface area contributed by atoms with Gasteiger partial charge in [-0.3, -0.25) is 0 Å². The van der Waals surface area contributed by atoms with E-state index >= 15 is 0 Å². The molecule has 0 aliphatic heterocycles. The van der Waals surface area contributed by atoms with Crippen LogP contribution in [-0.2, 0) is 5.41 Å². The van der Waals surface area contributed by atoms with Crippen LogP contribution in [0, 0.1) is 0 Å². The van der Waals surface area contributed by atoms with Gasteiger partial charge in [-0.1, -0.05) is 163 Å². The van der Waals surface area contributed by atoms with Crippen LogP contribution < -0.4 is 0 Å². The van der Waals surface area contributed by atoms with Gasteiger partial charge in [0, 0.05) is 35.7 Å². The molecule has 0 N–H and O–H groups in total. The Balaban J connectivity index is 1.44. The van der Waals surface area contributed by atoms with Crippen LogP contribution >= 0.6 is 34.3 Å². The molecule has 2 heterocycles. The molecule has 0 nitrogen and oxygen atoms in total. The van der Waals surface area contributed by atoms with Gasteiger partial charge in [0.1, 0.15) is 0 Å². The average Bonchev–Trinajstić information content (AvgIpc) is 3.89. The van der Waals surface area contributed by atoms with Gasteiger partial charge in [0.15, 0.2) is 0 Å². The molecule has 0 saturated heterocycles. The fourth-order valence-electron chi connectivity index (χ4n) is 8.14. The number of rotatable bonds is 4. The molecule has 226 valence electrons. The molecule has 2 aromatic heterocycles. The van der Waals surface area contributed by atoms with E-state index in [1.807, 2.05) is 22.7 Å². The molecule has 6 aromatic carbocycles. The minimum absolute atomic E-state index is 0.565. The fraction of sp³-hybridized carbons (Fsp3) is 0.0222. The molecule has 0 fully saturated rings. The maximum Gasteiger partial charge on any atom is 0.0755 e. The van der Waals surface area contributed by atoms with Crippen molar-refractivity contribution in [3.63, 3.8) is 0 Å². The highest BCUT2D eigenvalue weighted by Gasteiger charge is 2.57. The third-order valence-corrected chi connectivity index (χ3v) is 12.8. The molecule has 2 aliphatic rings. The molecule has 0 saturated carbocycles. The van der Waals surface area contributed by atoms with Gasteiger partial charge < -0.3 is 0 Å². The Hall–Kier alpha value is -4.99. The van der Waals surface area contributed by atoms with Crippen molar-refractivity contribution in [1.29, 1.82) is 0 Å². The van der Waals surface area contributed by atoms with Gasteiger partial charge in [-0.05, 0) is 67.8 Å². The van der Waals surface area contributed by atoms with Crippen molar-refractivity contribution in [2.75, 3.05) is 0 Å². The monoisotopic (exact) mass is 666 g/mol. The van der Waals surface area contributed by atoms with Crippen LogP contribution in [0.5, 0.6) is 0 Å². The normalized spacial score (nSPS) is 15.3. The van der Waals surface area contributed by atoms with Crippen LogP contribution in [0.1, 0.15) is 22.3 Å². The Labute approximate surface area is 293 Å². The molecule has 3 heteroatoms. The maximum absolute atomic E-state index is 7.03. The van der Waals surface area contributed by atoms with Crippen molar-refractivity contribution >= 4 is 34.3 Å². The zero-order valence-electron chi connectivity index (χ0n) is 25.8. The standard InChI is InChI=1S/C45H27ClS2/c46-32-25-26-34-36(27-32)45(40-38(34)42(29-17-7-2-8-18-29)48-44(40)31-21-11-4-12-22-31)35-24-14-13-23-33(35)37-39(45)43(30-19-9-3-10-20-30)47-41(37)28-15-5-1-6-16-28/h1-27H. The number of halogens is 1. The van der Waals surface area contributed by atoms with Crippen LogP contribution in [0.15, 0.2) is 164 Å². The summed E-state index contributed by atoms with van der Waals surface area (Å²) in [6, 6.07) is 59.5. The quantitative estimate of drug-likeness (QED) is 0.175. The highest BCUT2D eigenvalue weighted by Crippen LogP contribution is 2.71. The number of thiophene rings is 2. The summed E-state index contributed by atoms with van der Waals surface area (Å²) >= 11 is 10.9. The van der Waals surface area contributed by atoms with Gasteiger partial charge in [0.05, 0.1) is 5.41 Å². The molecule has 0 radical (unpaired) electrons. The summed E-state index contributed by atoms with van der Waals surface area (Å²) in [6.07, 6.45) is 0. The van der Waals surface area contributed by atoms with Crippen molar-refractivity contribution in [1.82, 2.24) is 0 Å². The lowest BCUT2D eigenvalue weighted by Crippen LogP contribution is -2.26. The Morgan fingerprint density at radius 1 is 0.375 bits per heavy atom. The summed E-state index contributed by atoms with van der Waals surface area (Å²) in [4.78, 5) is 5.23. The topological polar surface area (TPSA) is 0 Å². The van der Waals surface area contributed by atoms with Gasteiger partial charge in [0.25, 0.3) is 0 Å². The minimum atomic E-state index is -0.565. The first-order valence-electron chi connectivity index (χ1n) is 16.2. The Kier molecular flexibility index (Phi) is 6.29. The van der Waals surface area contributed by atoms with E-state index in [0.29, 0.717) is 0 Å². The van der Waals surface area contributed by atoms with Crippen LogP contribution in [0.4, 0.5) is 0 Å². The molecule has 10 rings (SSSR count). The van der Waals surface area contributed by atoms with Crippen molar-refractivity contribution < 1.29 is 0 Å². The predicted octanol–water partition coefficient (Wildman–Crippen LogP) is 13.5. The molecule has 48 heavy (non-hydrogen) atoms. The molecule has 1 atom stereocenters. The average molecular weight is 667 g/mol. The van der Waals surface area contributed by atoms with Crippen LogP contribution in [0.3, 0.4) is 0 Å². The minimum Gasteiger partial charge on any atom is -0.134 e. The van der Waals surface area contributed by atoms with Crippen molar-refractivity contribution in [2.45, 2.75) is 5.41 Å². The van der Waals surface area contributed by atoms with Crippen LogP contribution in [0.2, 0.25) is 5.02 Å². The van der Waals surface area contributed by atoms with Gasteiger partial charge in [-0.25, -0.2) is 0 Å². The molecule has 1 spiro atoms. The van der Waals surface area contributed by atoms with Crippen LogP contribution in [-0.4, -0.2) is 0 Å². The highest BCUT2D eigenvalue weighted by molar-refractivity contribution is 7.20. The zero-order chi connectivity index (χ0) is 31.8. The Morgan fingerprint density at radius 3 is 1.25 bits per heavy atom. The predicted molar refractivity (Wildman–Crippen MR) is 205 cm³/mol. The molecule has 0 bridgehead atoms. The van der Waals surface area contributed by atoms with Crippen molar-refractivity contribution in [3.05, 3.63) is 191 Å². The van der Waals surface area contributed by atoms with Gasteiger partial charge in [0.2, 0.25) is 0 Å². The summed E-state index contributed by atoms with van der Waals surface area (Å²) in [5.41, 5.74) is 15.0. The zero-order valence-corrected chi connectivity index (χ0v) is 28.2. The van der Waals surface area contributed by atoms with Crippen molar-refractivity contribution in [2.24, 2.45) is 0 Å². The number of hydrogen-bond donors (Lipinski definition) is 0. The van der Waals surface area contributed by atoms with E-state index in [9.17, 15) is 0 Å². The third kappa shape index (κ3) is 3.82. The second-order valence-corrected chi connectivity index (χ2v) is 14.9. The van der Waals surface area contributed by atoms with Crippen LogP contribution in [0.25, 0.3) is 64.0 Å². The lowest BCUT2D eigenvalue weighted by Gasteiger charge is -2.31. The molecule has 0 amide bonds. The molecule has 1 unspecified atom stereocenters. The largest absolute Gasteiger partial charge is 0.134 e. The first-order valence-corrected chi connectivity index (χ1v) is 18.2. The highest BCUT2D eigenvalue weighted by atomic mass is 35.5. The first-order chi connectivity index (χ1) is 23.7. The van der Waals surface area contributed by atoms with E-state index in [-0.39, 0.29) is 0 Å². The first kappa shape index (κ1) is 28.1. The van der Waals surface area contributed by atoms with E-state index in [1.54, 1.807) is 0 Å². The fourth-order valence-corrected chi connectivity index (χ4v) is 11.1. The summed E-state index contributed by atoms with van der Waals surface area (Å²) in [5.74, 6) is 0. The smallest absolute Gasteiger partial charge is 0.0755 e. The third-order valence-electron chi connectivity index (χ3n) is 9.97. The lowest BCUT2D eigenvalue weighted by molar-refractivity contribution is 0.803. The molecule has 2 aliphatic carbocycles. The van der Waals surface area contributed by atoms with Gasteiger partial charge >= 0.3 is 0 Å². The Bertz CT molecular complexity index is 2440. The maximum atomic E-state index is 7.03. The number of benzene rings is 6. The molecule has 8 aromatic rings. The van der Waals surface area contributed by atoms with E-state index in [2.05, 4.69) is 164 Å². The van der Waals surface area contributed by atoms with E-state index in [4.69, 9.17) is 11.6 Å². The lowest BCUT2D eigenvalue weighted by atomic mass is 9.69. The second kappa shape index (κ2) is 10.8. The molecular formula is C45H27ClS2. The van der Waals surface area contributed by atoms with E-state index in [1.165, 1.54) is 86.3 Å². The van der Waals surface area contributed by atoms with Crippen molar-refractivity contribution in [3.8, 4) is 64.0 Å². The summed E-state index contributed by atoms with van der Waals surface area (Å²) in [7, 11) is 0. The van der Waals surface area contributed by atoms with Gasteiger partial charge in [-0.2, -0.15) is 0 Å². The summed E-state index contributed by atoms with van der Waals surface area (Å²) in [5, 5.41) is 0.759. The van der Waals surface area contributed by atoms with E-state index in [0.717, 1.165) is 5.02 Å². The number of fused-ring (bicyclic) bond motifs is 10.